The van der Waals surface area contributed by atoms with Crippen LogP contribution in [0.3, 0.4) is 0 Å². The van der Waals surface area contributed by atoms with Gasteiger partial charge in [0.2, 0.25) is 0 Å². The molecule has 0 atom stereocenters. The van der Waals surface area contributed by atoms with Gasteiger partial charge in [-0.25, -0.2) is 4.79 Å². The van der Waals surface area contributed by atoms with Crippen LogP contribution in [0.2, 0.25) is 6.32 Å². The zero-order valence-corrected chi connectivity index (χ0v) is 14.5. The Hall–Kier alpha value is -0.795. The predicted octanol–water partition coefficient (Wildman–Crippen LogP) is 2.71. The summed E-state index contributed by atoms with van der Waals surface area (Å²) >= 11 is 0. The van der Waals surface area contributed by atoms with E-state index in [2.05, 4.69) is 33.0 Å². The number of nitrogens with one attached hydrogen (secondary N) is 1. The molecule has 1 aliphatic carbocycles. The van der Waals surface area contributed by atoms with Crippen molar-refractivity contribution in [2.45, 2.75) is 64.2 Å². The van der Waals surface area contributed by atoms with Crippen molar-refractivity contribution in [1.82, 2.24) is 5.32 Å². The van der Waals surface area contributed by atoms with Crippen LogP contribution in [0.15, 0.2) is 0 Å². The standard InChI is InChI=1S/C13H24BNO2.C2HF3O2/c1-11(2)12(3,4)17-14(16-11)7-10-5-13(6-10)8-15-9-13;3-2(4,5)1(6)7/h10,15H,5-9H2,1-4H3;(H,6,7). The van der Waals surface area contributed by atoms with Gasteiger partial charge in [0.25, 0.3) is 0 Å². The average molecular weight is 351 g/mol. The summed E-state index contributed by atoms with van der Waals surface area (Å²) in [4.78, 5) is 8.90. The van der Waals surface area contributed by atoms with E-state index in [0.717, 1.165) is 12.2 Å². The molecule has 2 N–H and O–H groups in total. The van der Waals surface area contributed by atoms with Crippen LogP contribution in [0.4, 0.5) is 13.2 Å². The number of alkyl halides is 3. The van der Waals surface area contributed by atoms with Crippen LogP contribution < -0.4 is 5.32 Å². The maximum atomic E-state index is 10.6. The molecule has 5 nitrogen and oxygen atoms in total. The van der Waals surface area contributed by atoms with Crippen LogP contribution >= 0.6 is 0 Å². The van der Waals surface area contributed by atoms with E-state index < -0.39 is 12.1 Å². The van der Waals surface area contributed by atoms with E-state index >= 15 is 0 Å². The molecule has 2 saturated heterocycles. The molecular formula is C15H25BF3NO4. The fourth-order valence-corrected chi connectivity index (χ4v) is 3.43. The smallest absolute Gasteiger partial charge is 0.475 e. The summed E-state index contributed by atoms with van der Waals surface area (Å²) in [5.41, 5.74) is 0.322. The minimum absolute atomic E-state index is 0.00962. The van der Waals surface area contributed by atoms with Crippen molar-refractivity contribution < 1.29 is 32.4 Å². The molecule has 1 spiro atoms. The topological polar surface area (TPSA) is 67.8 Å². The zero-order chi connectivity index (χ0) is 18.4. The summed E-state index contributed by atoms with van der Waals surface area (Å²) in [6.45, 7) is 11.0. The number of carboxylic acids is 1. The minimum atomic E-state index is -5.08. The van der Waals surface area contributed by atoms with Gasteiger partial charge in [-0.2, -0.15) is 13.2 Å². The van der Waals surface area contributed by atoms with Crippen molar-refractivity contribution in [3.8, 4) is 0 Å². The molecule has 0 aromatic heterocycles. The number of hydrogen-bond donors (Lipinski definition) is 2. The lowest BCUT2D eigenvalue weighted by atomic mass is 9.54. The fourth-order valence-electron chi connectivity index (χ4n) is 3.43. The monoisotopic (exact) mass is 351 g/mol. The second kappa shape index (κ2) is 6.18. The van der Waals surface area contributed by atoms with E-state index in [-0.39, 0.29) is 18.3 Å². The Kier molecular flexibility index (Phi) is 5.03. The second-order valence-corrected chi connectivity index (χ2v) is 8.10. The first-order valence-corrected chi connectivity index (χ1v) is 8.13. The van der Waals surface area contributed by atoms with Crippen molar-refractivity contribution in [2.75, 3.05) is 13.1 Å². The van der Waals surface area contributed by atoms with E-state index in [9.17, 15) is 13.2 Å². The van der Waals surface area contributed by atoms with Gasteiger partial charge in [-0.15, -0.1) is 0 Å². The molecule has 3 aliphatic rings. The first-order valence-electron chi connectivity index (χ1n) is 8.13. The highest BCUT2D eigenvalue weighted by molar-refractivity contribution is 6.45. The summed E-state index contributed by atoms with van der Waals surface area (Å²) in [5, 5.41) is 10.5. The van der Waals surface area contributed by atoms with Crippen molar-refractivity contribution >= 4 is 13.1 Å². The Labute approximate surface area is 140 Å². The van der Waals surface area contributed by atoms with Gasteiger partial charge in [0, 0.05) is 13.1 Å². The molecule has 1 saturated carbocycles. The molecule has 138 valence electrons. The third kappa shape index (κ3) is 4.05. The molecule has 0 aromatic rings. The largest absolute Gasteiger partial charge is 0.490 e. The van der Waals surface area contributed by atoms with Crippen LogP contribution in [-0.2, 0) is 14.1 Å². The molecule has 0 unspecified atom stereocenters. The van der Waals surface area contributed by atoms with E-state index in [1.807, 2.05) is 0 Å². The normalized spacial score (nSPS) is 27.0. The Bertz CT molecular complexity index is 468. The maximum Gasteiger partial charge on any atom is 0.490 e. The van der Waals surface area contributed by atoms with E-state index in [0.29, 0.717) is 5.41 Å². The number of aliphatic carboxylic acids is 1. The Balaban J connectivity index is 0.000000256. The first-order chi connectivity index (χ1) is 10.8. The first kappa shape index (κ1) is 19.5. The van der Waals surface area contributed by atoms with E-state index in [1.54, 1.807) is 0 Å². The number of carbonyl (C=O) groups is 1. The van der Waals surface area contributed by atoms with E-state index in [4.69, 9.17) is 19.2 Å². The van der Waals surface area contributed by atoms with Crippen molar-refractivity contribution in [1.29, 1.82) is 0 Å². The van der Waals surface area contributed by atoms with Gasteiger partial charge in [-0.3, -0.25) is 0 Å². The third-order valence-corrected chi connectivity index (χ3v) is 5.51. The molecule has 2 aliphatic heterocycles. The SMILES string of the molecule is CC1(C)OB(CC2CC3(CNC3)C2)OC1(C)C.O=C(O)C(F)(F)F. The van der Waals surface area contributed by atoms with Crippen molar-refractivity contribution in [3.05, 3.63) is 0 Å². The van der Waals surface area contributed by atoms with Crippen molar-refractivity contribution in [3.63, 3.8) is 0 Å². The molecule has 9 heteroatoms. The van der Waals surface area contributed by atoms with E-state index in [1.165, 1.54) is 25.9 Å². The lowest BCUT2D eigenvalue weighted by Crippen LogP contribution is -2.60. The number of rotatable bonds is 2. The second-order valence-electron chi connectivity index (χ2n) is 8.10. The molecule has 2 heterocycles. The molecule has 3 rings (SSSR count). The zero-order valence-electron chi connectivity index (χ0n) is 14.5. The van der Waals surface area contributed by atoms with Crippen LogP contribution in [0.1, 0.15) is 40.5 Å². The summed E-state index contributed by atoms with van der Waals surface area (Å²) in [6, 6.07) is 0. The molecule has 24 heavy (non-hydrogen) atoms. The lowest BCUT2D eigenvalue weighted by Gasteiger charge is -2.54. The van der Waals surface area contributed by atoms with Gasteiger partial charge in [0.15, 0.2) is 0 Å². The number of hydrogen-bond acceptors (Lipinski definition) is 4. The van der Waals surface area contributed by atoms with Crippen LogP contribution in [-0.4, -0.2) is 48.7 Å². The van der Waals surface area contributed by atoms with Gasteiger partial charge in [0.1, 0.15) is 0 Å². The summed E-state index contributed by atoms with van der Waals surface area (Å²) in [6.07, 6.45) is -1.28. The third-order valence-electron chi connectivity index (χ3n) is 5.51. The van der Waals surface area contributed by atoms with Crippen molar-refractivity contribution in [2.24, 2.45) is 11.3 Å². The van der Waals surface area contributed by atoms with Gasteiger partial charge in [-0.1, -0.05) is 0 Å². The molecular weight excluding hydrogens is 326 g/mol. The highest BCUT2D eigenvalue weighted by Crippen LogP contribution is 2.51. The summed E-state index contributed by atoms with van der Waals surface area (Å²) < 4.78 is 43.8. The Morgan fingerprint density at radius 3 is 1.88 bits per heavy atom. The molecule has 0 amide bonds. The fraction of sp³-hybridized carbons (Fsp3) is 0.933. The van der Waals surface area contributed by atoms with Gasteiger partial charge < -0.3 is 19.7 Å². The van der Waals surface area contributed by atoms with Gasteiger partial charge in [-0.05, 0) is 58.2 Å². The summed E-state index contributed by atoms with van der Waals surface area (Å²) in [7, 11) is 0.00962. The molecule has 0 radical (unpaired) electrons. The van der Waals surface area contributed by atoms with Crippen LogP contribution in [0.5, 0.6) is 0 Å². The van der Waals surface area contributed by atoms with Crippen LogP contribution in [0, 0.1) is 11.3 Å². The maximum absolute atomic E-state index is 10.6. The Morgan fingerprint density at radius 2 is 1.58 bits per heavy atom. The molecule has 3 fully saturated rings. The highest BCUT2D eigenvalue weighted by atomic mass is 19.4. The molecule has 0 bridgehead atoms. The average Bonchev–Trinajstić information content (AvgIpc) is 2.48. The highest BCUT2D eigenvalue weighted by Gasteiger charge is 2.54. The predicted molar refractivity (Wildman–Crippen MR) is 82.6 cm³/mol. The molecule has 0 aromatic carbocycles. The summed E-state index contributed by atoms with van der Waals surface area (Å²) in [5.74, 6) is -1.95. The number of carboxylic acid groups (broad SMARTS) is 1. The van der Waals surface area contributed by atoms with Gasteiger partial charge >= 0.3 is 19.3 Å². The minimum Gasteiger partial charge on any atom is -0.475 e. The van der Waals surface area contributed by atoms with Gasteiger partial charge in [0.05, 0.1) is 11.2 Å². The van der Waals surface area contributed by atoms with Crippen LogP contribution in [0.25, 0.3) is 0 Å². The number of halogens is 3. The quantitative estimate of drug-likeness (QED) is 0.749. The Morgan fingerprint density at radius 1 is 1.17 bits per heavy atom. The lowest BCUT2D eigenvalue weighted by molar-refractivity contribution is -0.192.